The van der Waals surface area contributed by atoms with Crippen molar-refractivity contribution in [1.29, 1.82) is 0 Å². The van der Waals surface area contributed by atoms with Gasteiger partial charge in [-0.1, -0.05) is 57.2 Å². The molecule has 0 spiro atoms. The maximum Gasteiger partial charge on any atom is 0.307 e. The molecule has 0 atom stereocenters. The number of hydrogen-bond acceptors (Lipinski definition) is 7. The Hall–Kier alpha value is -4.89. The third kappa shape index (κ3) is 7.41. The van der Waals surface area contributed by atoms with Gasteiger partial charge in [-0.15, -0.1) is 11.3 Å². The van der Waals surface area contributed by atoms with E-state index in [0.717, 1.165) is 60.7 Å². The number of benzene rings is 3. The minimum absolute atomic E-state index is 0.0315. The first kappa shape index (κ1) is 32.1. The second-order valence-electron chi connectivity index (χ2n) is 12.8. The Kier molecular flexibility index (Phi) is 9.18. The van der Waals surface area contributed by atoms with Crippen molar-refractivity contribution in [1.82, 2.24) is 9.55 Å². The molecule has 0 amide bonds. The normalized spacial score (nSPS) is 11.7. The summed E-state index contributed by atoms with van der Waals surface area (Å²) in [5.74, 6) is 0.215. The van der Waals surface area contributed by atoms with Gasteiger partial charge in [0.1, 0.15) is 17.9 Å². The molecule has 3 aromatic carbocycles. The monoisotopic (exact) mass is 650 g/mol. The number of ether oxygens (including phenoxy) is 2. The highest BCUT2D eigenvalue weighted by molar-refractivity contribution is 7.13. The molecule has 6 rings (SSSR count). The molecule has 47 heavy (non-hydrogen) atoms. The SMILES string of the molecule is Cc1c(CC(=O)O)c2cc(OCCCC(=O)OCc3ccccc3)ccc2n1Cc1ccc2oc(-c3nc(C(C)(C)C)cs3)cc2c1. The lowest BCUT2D eigenvalue weighted by Crippen LogP contribution is -2.11. The number of hydrogen-bond donors (Lipinski definition) is 1. The van der Waals surface area contributed by atoms with Crippen molar-refractivity contribution < 1.29 is 28.6 Å². The van der Waals surface area contributed by atoms with Gasteiger partial charge in [0.2, 0.25) is 0 Å². The first-order chi connectivity index (χ1) is 22.5. The average Bonchev–Trinajstić information content (AvgIpc) is 3.76. The third-order valence-electron chi connectivity index (χ3n) is 8.19. The molecule has 6 aromatic rings. The smallest absolute Gasteiger partial charge is 0.307 e. The molecule has 9 heteroatoms. The molecular formula is C38H38N2O6S. The van der Waals surface area contributed by atoms with Crippen molar-refractivity contribution in [3.8, 4) is 16.5 Å². The van der Waals surface area contributed by atoms with E-state index in [1.807, 2.05) is 73.7 Å². The van der Waals surface area contributed by atoms with Gasteiger partial charge in [0.25, 0.3) is 0 Å². The van der Waals surface area contributed by atoms with Crippen LogP contribution in [0.5, 0.6) is 5.75 Å². The van der Waals surface area contributed by atoms with Crippen molar-refractivity contribution in [2.45, 2.75) is 65.5 Å². The van der Waals surface area contributed by atoms with Crippen LogP contribution in [0.1, 0.15) is 61.7 Å². The minimum atomic E-state index is -0.892. The molecule has 0 saturated carbocycles. The second kappa shape index (κ2) is 13.5. The molecule has 1 N–H and O–H groups in total. The number of aliphatic carboxylic acids is 1. The average molecular weight is 651 g/mol. The summed E-state index contributed by atoms with van der Waals surface area (Å²) >= 11 is 1.58. The van der Waals surface area contributed by atoms with Crippen LogP contribution in [0.25, 0.3) is 32.6 Å². The van der Waals surface area contributed by atoms with Crippen molar-refractivity contribution in [3.63, 3.8) is 0 Å². The number of esters is 1. The zero-order valence-corrected chi connectivity index (χ0v) is 27.9. The number of carbonyl (C=O) groups is 2. The Balaban J connectivity index is 1.16. The lowest BCUT2D eigenvalue weighted by atomic mass is 9.93. The summed E-state index contributed by atoms with van der Waals surface area (Å²) < 4.78 is 19.6. The van der Waals surface area contributed by atoms with Crippen LogP contribution in [-0.4, -0.2) is 33.2 Å². The van der Waals surface area contributed by atoms with Gasteiger partial charge >= 0.3 is 11.9 Å². The number of fused-ring (bicyclic) bond motifs is 2. The van der Waals surface area contributed by atoms with Crippen molar-refractivity contribution >= 4 is 45.1 Å². The Morgan fingerprint density at radius 3 is 2.55 bits per heavy atom. The number of aromatic nitrogens is 2. The fourth-order valence-corrected chi connectivity index (χ4v) is 6.62. The predicted molar refractivity (Wildman–Crippen MR) is 184 cm³/mol. The first-order valence-electron chi connectivity index (χ1n) is 15.7. The molecule has 0 aliphatic carbocycles. The molecule has 0 bridgehead atoms. The summed E-state index contributed by atoms with van der Waals surface area (Å²) in [7, 11) is 0. The molecule has 3 heterocycles. The molecule has 0 saturated heterocycles. The van der Waals surface area contributed by atoms with Crippen molar-refractivity contribution in [2.75, 3.05) is 6.61 Å². The minimum Gasteiger partial charge on any atom is -0.494 e. The summed E-state index contributed by atoms with van der Waals surface area (Å²) in [5, 5.41) is 14.5. The van der Waals surface area contributed by atoms with Gasteiger partial charge in [0, 0.05) is 45.7 Å². The van der Waals surface area contributed by atoms with Crippen LogP contribution in [0, 0.1) is 6.92 Å². The van der Waals surface area contributed by atoms with E-state index < -0.39 is 5.97 Å². The van der Waals surface area contributed by atoms with Crippen LogP contribution in [0.3, 0.4) is 0 Å². The van der Waals surface area contributed by atoms with Crippen molar-refractivity contribution in [2.24, 2.45) is 0 Å². The van der Waals surface area contributed by atoms with Gasteiger partial charge in [0.15, 0.2) is 10.8 Å². The molecule has 0 aliphatic heterocycles. The molecular weight excluding hydrogens is 612 g/mol. The summed E-state index contributed by atoms with van der Waals surface area (Å²) in [5.41, 5.74) is 6.40. The number of thiazole rings is 1. The fourth-order valence-electron chi connectivity index (χ4n) is 5.63. The highest BCUT2D eigenvalue weighted by atomic mass is 32.1. The van der Waals surface area contributed by atoms with Crippen molar-refractivity contribution in [3.05, 3.63) is 106 Å². The van der Waals surface area contributed by atoms with Crippen LogP contribution in [-0.2, 0) is 39.3 Å². The van der Waals surface area contributed by atoms with E-state index in [2.05, 4.69) is 36.8 Å². The quantitative estimate of drug-likeness (QED) is 0.104. The first-order valence-corrected chi connectivity index (χ1v) is 16.6. The number of carboxylic acid groups (broad SMARTS) is 1. The van der Waals surface area contributed by atoms with E-state index in [-0.39, 0.29) is 30.8 Å². The van der Waals surface area contributed by atoms with Gasteiger partial charge in [-0.2, -0.15) is 0 Å². The lowest BCUT2D eigenvalue weighted by molar-refractivity contribution is -0.145. The number of furan rings is 1. The molecule has 8 nitrogen and oxygen atoms in total. The van der Waals surface area contributed by atoms with Crippen LogP contribution >= 0.6 is 11.3 Å². The van der Waals surface area contributed by atoms with Gasteiger partial charge in [-0.25, -0.2) is 4.98 Å². The number of nitrogens with zero attached hydrogens (tertiary/aromatic N) is 2. The number of rotatable bonds is 12. The number of carboxylic acids is 1. The van der Waals surface area contributed by atoms with E-state index in [9.17, 15) is 14.7 Å². The molecule has 0 radical (unpaired) electrons. The Bertz CT molecular complexity index is 2050. The Morgan fingerprint density at radius 2 is 1.81 bits per heavy atom. The number of carbonyl (C=O) groups excluding carboxylic acids is 1. The topological polar surface area (TPSA) is 104 Å². The van der Waals surface area contributed by atoms with E-state index >= 15 is 0 Å². The van der Waals surface area contributed by atoms with Crippen LogP contribution in [0.2, 0.25) is 0 Å². The van der Waals surface area contributed by atoms with E-state index in [1.165, 1.54) is 0 Å². The van der Waals surface area contributed by atoms with Gasteiger partial charge < -0.3 is 23.6 Å². The maximum atomic E-state index is 12.2. The predicted octanol–water partition coefficient (Wildman–Crippen LogP) is 8.69. The third-order valence-corrected chi connectivity index (χ3v) is 9.05. The fraction of sp³-hybridized carbons (Fsp3) is 0.289. The Morgan fingerprint density at radius 1 is 1.00 bits per heavy atom. The summed E-state index contributed by atoms with van der Waals surface area (Å²) in [4.78, 5) is 28.8. The molecule has 3 aromatic heterocycles. The van der Waals surface area contributed by atoms with E-state index in [1.54, 1.807) is 11.3 Å². The van der Waals surface area contributed by atoms with E-state index in [4.69, 9.17) is 18.9 Å². The molecule has 242 valence electrons. The van der Waals surface area contributed by atoms with Gasteiger partial charge in [0.05, 0.1) is 18.7 Å². The van der Waals surface area contributed by atoms with Crippen LogP contribution < -0.4 is 4.74 Å². The summed E-state index contributed by atoms with van der Waals surface area (Å²) in [6.45, 7) is 9.56. The zero-order valence-electron chi connectivity index (χ0n) is 27.0. The second-order valence-corrected chi connectivity index (χ2v) is 13.6. The van der Waals surface area contributed by atoms with Gasteiger partial charge in [-0.3, -0.25) is 9.59 Å². The Labute approximate surface area is 277 Å². The maximum absolute atomic E-state index is 12.2. The lowest BCUT2D eigenvalue weighted by Gasteiger charge is -2.13. The molecule has 0 aliphatic rings. The highest BCUT2D eigenvalue weighted by Crippen LogP contribution is 2.35. The van der Waals surface area contributed by atoms with Crippen LogP contribution in [0.4, 0.5) is 0 Å². The highest BCUT2D eigenvalue weighted by Gasteiger charge is 2.21. The largest absolute Gasteiger partial charge is 0.494 e. The van der Waals surface area contributed by atoms with Crippen LogP contribution in [0.15, 0.2) is 82.6 Å². The summed E-state index contributed by atoms with van der Waals surface area (Å²) in [6.07, 6.45) is 0.659. The zero-order chi connectivity index (χ0) is 33.1. The molecule has 0 unspecified atom stereocenters. The van der Waals surface area contributed by atoms with E-state index in [0.29, 0.717) is 25.3 Å². The van der Waals surface area contributed by atoms with Gasteiger partial charge in [-0.05, 0) is 66.4 Å². The molecule has 0 fully saturated rings. The standard InChI is InChI=1S/C38H38N2O6S/c1-24-29(20-35(41)42)30-19-28(44-16-8-11-36(43)45-22-25-9-6-5-7-10-25)13-14-31(30)40(24)21-26-12-15-32-27(17-26)18-33(46-32)37-39-34(23-47-37)38(2,3)4/h5-7,9-10,12-15,17-19,23H,8,11,16,20-22H2,1-4H3,(H,41,42). The summed E-state index contributed by atoms with van der Waals surface area (Å²) in [6, 6.07) is 23.5.